The number of allylic oxidation sites excluding steroid dienone is 1. The maximum absolute atomic E-state index is 5.23. The minimum atomic E-state index is 0.859. The van der Waals surface area contributed by atoms with Gasteiger partial charge in [-0.05, 0) is 0 Å². The van der Waals surface area contributed by atoms with E-state index in [1.165, 1.54) is 0 Å². The third kappa shape index (κ3) is 0.381. The summed E-state index contributed by atoms with van der Waals surface area (Å²) in [5.74, 6) is 0. The van der Waals surface area contributed by atoms with E-state index in [1.54, 1.807) is 0 Å². The second-order valence-electron chi connectivity index (χ2n) is 1.42. The largest absolute Gasteiger partial charge is 0.208 e. The molecule has 0 atom stereocenters. The molecule has 6 heavy (non-hydrogen) atoms. The molecule has 0 N–H and O–H groups in total. The third-order valence-corrected chi connectivity index (χ3v) is 0.705. The minimum Gasteiger partial charge on any atom is -0.208 e. The summed E-state index contributed by atoms with van der Waals surface area (Å²) in [6.45, 7) is 0. The Morgan fingerprint density at radius 3 is 2.33 bits per heavy atom. The van der Waals surface area contributed by atoms with Crippen LogP contribution in [0, 0.1) is 0 Å². The van der Waals surface area contributed by atoms with Crippen molar-refractivity contribution < 1.29 is 4.58 Å². The van der Waals surface area contributed by atoms with E-state index in [2.05, 4.69) is 0 Å². The smallest absolute Gasteiger partial charge is 0.167 e. The molecule has 1 heterocycles. The van der Waals surface area contributed by atoms with Crippen molar-refractivity contribution in [3.05, 3.63) is 11.7 Å². The molecule has 0 aromatic carbocycles. The van der Waals surface area contributed by atoms with E-state index in [0.29, 0.717) is 0 Å². The fraction of sp³-hybridized carbons (Fsp3) is 0.250. The normalized spacial score (nSPS) is 18.2. The SMILES string of the molecule is [B]C1=C[N+](C)=C1. The lowest BCUT2D eigenvalue weighted by Crippen LogP contribution is -2.11. The molecule has 1 nitrogen and oxygen atoms in total. The maximum Gasteiger partial charge on any atom is 0.167 e. The van der Waals surface area contributed by atoms with Gasteiger partial charge in [0.15, 0.2) is 12.4 Å². The highest BCUT2D eigenvalue weighted by Gasteiger charge is 2.02. The molecule has 0 fully saturated rings. The molecule has 0 spiro atoms. The monoisotopic (exact) mass is 78.1 g/mol. The van der Waals surface area contributed by atoms with Crippen LogP contribution in [0.3, 0.4) is 0 Å². The van der Waals surface area contributed by atoms with Gasteiger partial charge in [-0.3, -0.25) is 0 Å². The van der Waals surface area contributed by atoms with Crippen LogP contribution in [-0.4, -0.2) is 25.7 Å². The van der Waals surface area contributed by atoms with Gasteiger partial charge in [-0.1, -0.05) is 0 Å². The highest BCUT2D eigenvalue weighted by atomic mass is 15.0. The maximum atomic E-state index is 5.23. The molecule has 0 aliphatic carbocycles. The van der Waals surface area contributed by atoms with Crippen LogP contribution in [-0.2, 0) is 0 Å². The fourth-order valence-electron chi connectivity index (χ4n) is 0.459. The molecule has 0 saturated heterocycles. The van der Waals surface area contributed by atoms with Crippen LogP contribution >= 0.6 is 0 Å². The molecule has 1 rings (SSSR count). The first-order valence-electron chi connectivity index (χ1n) is 1.83. The van der Waals surface area contributed by atoms with Crippen LogP contribution in [0.25, 0.3) is 0 Å². The van der Waals surface area contributed by atoms with Gasteiger partial charge in [0.25, 0.3) is 0 Å². The van der Waals surface area contributed by atoms with Crippen molar-refractivity contribution in [3.63, 3.8) is 0 Å². The van der Waals surface area contributed by atoms with Gasteiger partial charge in [-0.25, -0.2) is 4.58 Å². The highest BCUT2D eigenvalue weighted by Crippen LogP contribution is 1.90. The van der Waals surface area contributed by atoms with Gasteiger partial charge >= 0.3 is 0 Å². The zero-order chi connectivity index (χ0) is 4.57. The van der Waals surface area contributed by atoms with E-state index < -0.39 is 0 Å². The summed E-state index contributed by atoms with van der Waals surface area (Å²) in [5.41, 5.74) is 0.859. The van der Waals surface area contributed by atoms with Crippen molar-refractivity contribution in [2.45, 2.75) is 0 Å². The molecule has 0 aromatic heterocycles. The van der Waals surface area contributed by atoms with Crippen molar-refractivity contribution in [2.24, 2.45) is 0 Å². The van der Waals surface area contributed by atoms with Gasteiger partial charge in [0.05, 0.1) is 0 Å². The van der Waals surface area contributed by atoms with E-state index >= 15 is 0 Å². The Morgan fingerprint density at radius 1 is 1.83 bits per heavy atom. The van der Waals surface area contributed by atoms with Gasteiger partial charge in [0.2, 0.25) is 0 Å². The Hall–Kier alpha value is -0.525. The lowest BCUT2D eigenvalue weighted by molar-refractivity contribution is -0.427. The minimum absolute atomic E-state index is 0.859. The van der Waals surface area contributed by atoms with E-state index in [1.807, 2.05) is 24.0 Å². The molecule has 0 saturated carbocycles. The van der Waals surface area contributed by atoms with Gasteiger partial charge in [0, 0.05) is 5.47 Å². The predicted octanol–water partition coefficient (Wildman–Crippen LogP) is -0.277. The molecule has 1 aliphatic heterocycles. The standard InChI is InChI=1S/C4H5BN/c1-6-2-4(5)3-6/h2-3H,1H3/q+1. The van der Waals surface area contributed by atoms with E-state index in [-0.39, 0.29) is 0 Å². The van der Waals surface area contributed by atoms with Crippen LogP contribution in [0.15, 0.2) is 11.7 Å². The zero-order valence-corrected chi connectivity index (χ0v) is 3.68. The first-order valence-corrected chi connectivity index (χ1v) is 1.83. The van der Waals surface area contributed by atoms with Gasteiger partial charge < -0.3 is 0 Å². The topological polar surface area (TPSA) is 3.01 Å². The summed E-state index contributed by atoms with van der Waals surface area (Å²) < 4.78 is 1.91. The van der Waals surface area contributed by atoms with Crippen molar-refractivity contribution in [1.29, 1.82) is 0 Å². The number of hydrogen-bond acceptors (Lipinski definition) is 0. The summed E-state index contributed by atoms with van der Waals surface area (Å²) in [6.07, 6.45) is 3.72. The predicted molar refractivity (Wildman–Crippen MR) is 26.1 cm³/mol. The van der Waals surface area contributed by atoms with Gasteiger partial charge in [-0.15, -0.1) is 0 Å². The number of hydrogen-bond donors (Lipinski definition) is 0. The summed E-state index contributed by atoms with van der Waals surface area (Å²) >= 11 is 0. The van der Waals surface area contributed by atoms with Crippen LogP contribution < -0.4 is 0 Å². The Kier molecular flexibility index (Phi) is 0.590. The van der Waals surface area contributed by atoms with E-state index in [9.17, 15) is 0 Å². The molecule has 0 unspecified atom stereocenters. The molecule has 0 aromatic rings. The first-order chi connectivity index (χ1) is 2.79. The number of rotatable bonds is 0. The Labute approximate surface area is 38.4 Å². The molecular weight excluding hydrogens is 72.9 g/mol. The Balaban J connectivity index is 2.57. The van der Waals surface area contributed by atoms with Crippen molar-refractivity contribution in [2.75, 3.05) is 7.05 Å². The third-order valence-electron chi connectivity index (χ3n) is 0.705. The summed E-state index contributed by atoms with van der Waals surface area (Å²) in [4.78, 5) is 0. The average molecular weight is 77.9 g/mol. The van der Waals surface area contributed by atoms with Crippen molar-refractivity contribution >= 4 is 14.1 Å². The number of nitrogens with zero attached hydrogens (tertiary/aromatic N) is 1. The van der Waals surface area contributed by atoms with E-state index in [4.69, 9.17) is 7.85 Å². The molecule has 28 valence electrons. The highest BCUT2D eigenvalue weighted by molar-refractivity contribution is 6.33. The van der Waals surface area contributed by atoms with Crippen LogP contribution in [0.4, 0.5) is 0 Å². The molecule has 2 heteroatoms. The van der Waals surface area contributed by atoms with Gasteiger partial charge in [0.1, 0.15) is 14.9 Å². The zero-order valence-electron chi connectivity index (χ0n) is 3.68. The lowest BCUT2D eigenvalue weighted by Gasteiger charge is -1.95. The summed E-state index contributed by atoms with van der Waals surface area (Å²) in [6, 6.07) is 0. The molecule has 0 amide bonds. The van der Waals surface area contributed by atoms with Crippen LogP contribution in [0.2, 0.25) is 0 Å². The van der Waals surface area contributed by atoms with Crippen LogP contribution in [0.1, 0.15) is 0 Å². The second kappa shape index (κ2) is 0.967. The summed E-state index contributed by atoms with van der Waals surface area (Å²) in [5, 5.41) is 0. The molecule has 2 radical (unpaired) electrons. The first kappa shape index (κ1) is 3.66. The molecule has 0 bridgehead atoms. The molecular formula is C4H5BN+. The van der Waals surface area contributed by atoms with Crippen LogP contribution in [0.5, 0.6) is 0 Å². The van der Waals surface area contributed by atoms with E-state index in [0.717, 1.165) is 5.47 Å². The van der Waals surface area contributed by atoms with Crippen molar-refractivity contribution in [3.8, 4) is 0 Å². The lowest BCUT2D eigenvalue weighted by atomic mass is 9.95. The Morgan fingerprint density at radius 2 is 2.33 bits per heavy atom. The summed E-state index contributed by atoms with van der Waals surface area (Å²) in [7, 11) is 7.17. The quantitative estimate of drug-likeness (QED) is 0.277. The second-order valence-corrected chi connectivity index (χ2v) is 1.42. The van der Waals surface area contributed by atoms with Crippen molar-refractivity contribution in [1.82, 2.24) is 0 Å². The fourth-order valence-corrected chi connectivity index (χ4v) is 0.459. The average Bonchev–Trinajstić information content (AvgIpc) is 1.33. The molecule has 1 aliphatic rings. The Bertz CT molecular complexity index is 102. The van der Waals surface area contributed by atoms with Gasteiger partial charge in [-0.2, -0.15) is 0 Å².